The molecule has 2 amide bonds. The first-order valence-electron chi connectivity index (χ1n) is 5.25. The zero-order valence-electron chi connectivity index (χ0n) is 10.3. The summed E-state index contributed by atoms with van der Waals surface area (Å²) in [7, 11) is -3.19. The standard InChI is InChI=1S/C10H14N2O5S2/c1-6(5-19(2,16)17)11-10(15)12-8-7(9(13)14)3-4-18-8/h3-4,6H,5H2,1-2H3,(H,13,14)(H2,11,12,15). The molecule has 1 rings (SSSR count). The Morgan fingerprint density at radius 2 is 2.11 bits per heavy atom. The molecular formula is C10H14N2O5S2. The number of aromatic carboxylic acids is 1. The number of carboxylic acid groups (broad SMARTS) is 1. The molecule has 0 aliphatic heterocycles. The summed E-state index contributed by atoms with van der Waals surface area (Å²) >= 11 is 1.08. The number of carboxylic acids is 1. The van der Waals surface area contributed by atoms with Crippen molar-refractivity contribution < 1.29 is 23.1 Å². The molecule has 0 aliphatic carbocycles. The van der Waals surface area contributed by atoms with Crippen molar-refractivity contribution in [2.24, 2.45) is 0 Å². The molecule has 0 aliphatic rings. The van der Waals surface area contributed by atoms with Crippen LogP contribution in [0, 0.1) is 0 Å². The monoisotopic (exact) mass is 306 g/mol. The Morgan fingerprint density at radius 1 is 1.47 bits per heavy atom. The molecule has 19 heavy (non-hydrogen) atoms. The SMILES string of the molecule is CC(CS(C)(=O)=O)NC(=O)Nc1sccc1C(=O)O. The third-order valence-electron chi connectivity index (χ3n) is 2.05. The smallest absolute Gasteiger partial charge is 0.338 e. The number of rotatable bonds is 5. The maximum atomic E-state index is 11.6. The van der Waals surface area contributed by atoms with E-state index in [1.165, 1.54) is 6.07 Å². The first-order chi connectivity index (χ1) is 8.69. The summed E-state index contributed by atoms with van der Waals surface area (Å²) in [4.78, 5) is 22.4. The predicted octanol–water partition coefficient (Wildman–Crippen LogP) is 1.00. The van der Waals surface area contributed by atoms with Crippen molar-refractivity contribution in [3.05, 3.63) is 17.0 Å². The lowest BCUT2D eigenvalue weighted by Gasteiger charge is -2.13. The number of thiophene rings is 1. The Kier molecular flexibility index (Phi) is 4.90. The van der Waals surface area contributed by atoms with Gasteiger partial charge in [-0.25, -0.2) is 18.0 Å². The minimum absolute atomic E-state index is 0.00378. The van der Waals surface area contributed by atoms with Crippen molar-refractivity contribution in [3.63, 3.8) is 0 Å². The number of anilines is 1. The molecule has 0 saturated carbocycles. The fraction of sp³-hybridized carbons (Fsp3) is 0.400. The van der Waals surface area contributed by atoms with Crippen LogP contribution in [0.2, 0.25) is 0 Å². The molecule has 0 saturated heterocycles. The summed E-state index contributed by atoms with van der Waals surface area (Å²) in [6, 6.07) is 0.173. The van der Waals surface area contributed by atoms with Crippen molar-refractivity contribution in [1.29, 1.82) is 0 Å². The van der Waals surface area contributed by atoms with E-state index in [4.69, 9.17) is 5.11 Å². The van der Waals surface area contributed by atoms with Gasteiger partial charge < -0.3 is 10.4 Å². The number of nitrogens with one attached hydrogen (secondary N) is 2. The Labute approximate surface area is 114 Å². The molecule has 3 N–H and O–H groups in total. The predicted molar refractivity (Wildman–Crippen MR) is 72.6 cm³/mol. The first-order valence-corrected chi connectivity index (χ1v) is 8.19. The highest BCUT2D eigenvalue weighted by Gasteiger charge is 2.16. The highest BCUT2D eigenvalue weighted by atomic mass is 32.2. The van der Waals surface area contributed by atoms with Crippen LogP contribution >= 0.6 is 11.3 Å². The summed E-state index contributed by atoms with van der Waals surface area (Å²) in [5, 5.41) is 15.4. The van der Waals surface area contributed by atoms with Crippen molar-refractivity contribution in [1.82, 2.24) is 5.32 Å². The molecule has 1 heterocycles. The molecule has 0 aromatic carbocycles. The topological polar surface area (TPSA) is 113 Å². The fourth-order valence-corrected chi connectivity index (χ4v) is 3.20. The summed E-state index contributed by atoms with van der Waals surface area (Å²) in [6.45, 7) is 1.55. The zero-order valence-corrected chi connectivity index (χ0v) is 12.0. The molecule has 1 atom stereocenters. The second-order valence-electron chi connectivity index (χ2n) is 4.06. The van der Waals surface area contributed by atoms with E-state index in [9.17, 15) is 18.0 Å². The lowest BCUT2D eigenvalue weighted by molar-refractivity contribution is 0.0698. The minimum Gasteiger partial charge on any atom is -0.478 e. The lowest BCUT2D eigenvalue weighted by atomic mass is 10.3. The number of sulfone groups is 1. The lowest BCUT2D eigenvalue weighted by Crippen LogP contribution is -2.40. The summed E-state index contributed by atoms with van der Waals surface area (Å²) < 4.78 is 22.1. The number of amides is 2. The number of carbonyl (C=O) groups excluding carboxylic acids is 1. The van der Waals surface area contributed by atoms with Gasteiger partial charge in [-0.1, -0.05) is 0 Å². The summed E-state index contributed by atoms with van der Waals surface area (Å²) in [5.41, 5.74) is -0.00378. The van der Waals surface area contributed by atoms with Crippen LogP contribution in [0.3, 0.4) is 0 Å². The van der Waals surface area contributed by atoms with Crippen LogP contribution < -0.4 is 10.6 Å². The van der Waals surface area contributed by atoms with Crippen LogP contribution in [-0.2, 0) is 9.84 Å². The second kappa shape index (κ2) is 6.02. The van der Waals surface area contributed by atoms with Crippen molar-refractivity contribution in [3.8, 4) is 0 Å². The van der Waals surface area contributed by atoms with Gasteiger partial charge in [-0.3, -0.25) is 5.32 Å². The number of hydrogen-bond donors (Lipinski definition) is 3. The largest absolute Gasteiger partial charge is 0.478 e. The van der Waals surface area contributed by atoms with E-state index in [0.717, 1.165) is 17.6 Å². The van der Waals surface area contributed by atoms with Gasteiger partial charge in [0.25, 0.3) is 0 Å². The van der Waals surface area contributed by atoms with Crippen LogP contribution in [-0.4, -0.2) is 43.6 Å². The third-order valence-corrected chi connectivity index (χ3v) is 3.99. The maximum Gasteiger partial charge on any atom is 0.338 e. The number of hydrogen-bond acceptors (Lipinski definition) is 5. The Morgan fingerprint density at radius 3 is 2.63 bits per heavy atom. The molecule has 0 radical (unpaired) electrons. The van der Waals surface area contributed by atoms with E-state index in [1.54, 1.807) is 12.3 Å². The van der Waals surface area contributed by atoms with Crippen molar-refractivity contribution >= 4 is 38.2 Å². The fourth-order valence-electron chi connectivity index (χ4n) is 1.43. The molecular weight excluding hydrogens is 292 g/mol. The van der Waals surface area contributed by atoms with Gasteiger partial charge in [-0.05, 0) is 18.4 Å². The third kappa shape index (κ3) is 5.26. The Balaban J connectivity index is 2.61. The maximum absolute atomic E-state index is 11.6. The van der Waals surface area contributed by atoms with Crippen molar-refractivity contribution in [2.45, 2.75) is 13.0 Å². The van der Waals surface area contributed by atoms with Gasteiger partial charge in [-0.15, -0.1) is 11.3 Å². The molecule has 7 nitrogen and oxygen atoms in total. The summed E-state index contributed by atoms with van der Waals surface area (Å²) in [6.07, 6.45) is 1.07. The minimum atomic E-state index is -3.19. The van der Waals surface area contributed by atoms with Gasteiger partial charge in [0, 0.05) is 12.3 Å². The summed E-state index contributed by atoms with van der Waals surface area (Å²) in [5.74, 6) is -1.32. The van der Waals surface area contributed by atoms with E-state index in [2.05, 4.69) is 10.6 Å². The molecule has 1 aromatic heterocycles. The molecule has 0 fully saturated rings. The molecule has 106 valence electrons. The van der Waals surface area contributed by atoms with Crippen LogP contribution in [0.15, 0.2) is 11.4 Å². The number of carbonyl (C=O) groups is 2. The van der Waals surface area contributed by atoms with Gasteiger partial charge in [-0.2, -0.15) is 0 Å². The van der Waals surface area contributed by atoms with Crippen molar-refractivity contribution in [2.75, 3.05) is 17.3 Å². The van der Waals surface area contributed by atoms with E-state index < -0.39 is 27.9 Å². The normalized spacial score (nSPS) is 12.7. The van der Waals surface area contributed by atoms with Gasteiger partial charge >= 0.3 is 12.0 Å². The van der Waals surface area contributed by atoms with Gasteiger partial charge in [0.15, 0.2) is 0 Å². The molecule has 0 bridgehead atoms. The van der Waals surface area contributed by atoms with Gasteiger partial charge in [0.1, 0.15) is 14.8 Å². The Hall–Kier alpha value is -1.61. The van der Waals surface area contributed by atoms with Gasteiger partial charge in [0.05, 0.1) is 11.3 Å². The zero-order chi connectivity index (χ0) is 14.6. The van der Waals surface area contributed by atoms with Crippen LogP contribution in [0.25, 0.3) is 0 Å². The van der Waals surface area contributed by atoms with Crippen LogP contribution in [0.5, 0.6) is 0 Å². The highest BCUT2D eigenvalue weighted by molar-refractivity contribution is 7.90. The van der Waals surface area contributed by atoms with E-state index in [-0.39, 0.29) is 16.3 Å². The molecule has 1 unspecified atom stereocenters. The molecule has 9 heteroatoms. The highest BCUT2D eigenvalue weighted by Crippen LogP contribution is 2.22. The van der Waals surface area contributed by atoms with Crippen LogP contribution in [0.1, 0.15) is 17.3 Å². The van der Waals surface area contributed by atoms with Gasteiger partial charge in [0.2, 0.25) is 0 Å². The second-order valence-corrected chi connectivity index (χ2v) is 7.16. The first kappa shape index (κ1) is 15.4. The van der Waals surface area contributed by atoms with E-state index >= 15 is 0 Å². The molecule has 0 spiro atoms. The average molecular weight is 306 g/mol. The number of urea groups is 1. The van der Waals surface area contributed by atoms with Crippen LogP contribution in [0.4, 0.5) is 9.80 Å². The van der Waals surface area contributed by atoms with E-state index in [1.807, 2.05) is 0 Å². The molecule has 1 aromatic rings. The quantitative estimate of drug-likeness (QED) is 0.751. The van der Waals surface area contributed by atoms with E-state index in [0.29, 0.717) is 0 Å². The Bertz CT molecular complexity index is 578. The average Bonchev–Trinajstić information content (AvgIpc) is 2.61.